The van der Waals surface area contributed by atoms with E-state index in [-0.39, 0.29) is 0 Å². The van der Waals surface area contributed by atoms with Gasteiger partial charge in [0.2, 0.25) is 0 Å². The molecule has 7 fully saturated rings. The second-order valence-corrected chi connectivity index (χ2v) is 7.34. The van der Waals surface area contributed by atoms with Gasteiger partial charge in [-0.05, 0) is 77.4 Å². The number of hydrogen-bond donors (Lipinski definition) is 0. The molecule has 12 atom stereocenters. The minimum Gasteiger partial charge on any atom is -0.0464 e. The van der Waals surface area contributed by atoms with Crippen molar-refractivity contribution in [1.82, 2.24) is 0 Å². The Balaban J connectivity index is 1.61. The van der Waals surface area contributed by atoms with Crippen LogP contribution in [0.5, 0.6) is 0 Å². The van der Waals surface area contributed by atoms with Crippen molar-refractivity contribution in [1.29, 1.82) is 0 Å². The van der Waals surface area contributed by atoms with Gasteiger partial charge in [0, 0.05) is 0 Å². The van der Waals surface area contributed by atoms with Crippen LogP contribution in [0.1, 0.15) is 6.42 Å². The summed E-state index contributed by atoms with van der Waals surface area (Å²) in [7, 11) is 0. The van der Waals surface area contributed by atoms with Crippen LogP contribution in [-0.4, -0.2) is 0 Å². The van der Waals surface area contributed by atoms with Crippen LogP contribution in [0.3, 0.4) is 0 Å². The topological polar surface area (TPSA) is 0 Å². The lowest BCUT2D eigenvalue weighted by Crippen LogP contribution is -2.81. The Labute approximate surface area is 78.1 Å². The van der Waals surface area contributed by atoms with Crippen molar-refractivity contribution >= 4 is 0 Å². The summed E-state index contributed by atoms with van der Waals surface area (Å²) in [5.41, 5.74) is 0. The summed E-state index contributed by atoms with van der Waals surface area (Å²) >= 11 is 0. The van der Waals surface area contributed by atoms with Crippen LogP contribution >= 0.6 is 0 Å². The third-order valence-electron chi connectivity index (χ3n) is 8.16. The maximum Gasteiger partial charge on any atom is -0.0312 e. The summed E-state index contributed by atoms with van der Waals surface area (Å²) < 4.78 is 0. The average molecular weight is 170 g/mol. The SMILES string of the molecule is C1C2C3C1C1C4C1C1C5C3C2C5C41. The Morgan fingerprint density at radius 3 is 1.31 bits per heavy atom. The minimum atomic E-state index is 1.29. The largest absolute Gasteiger partial charge is 0.0464 e. The highest BCUT2D eigenvalue weighted by Gasteiger charge is 2.93. The molecule has 0 heteroatoms. The van der Waals surface area contributed by atoms with E-state index in [1.165, 1.54) is 71.0 Å². The van der Waals surface area contributed by atoms with Gasteiger partial charge in [0.05, 0.1) is 0 Å². The highest BCUT2D eigenvalue weighted by molar-refractivity contribution is 5.40. The normalized spacial score (nSPS) is 102. The van der Waals surface area contributed by atoms with Gasteiger partial charge in [-0.25, -0.2) is 0 Å². The van der Waals surface area contributed by atoms with Crippen LogP contribution in [0.4, 0.5) is 0 Å². The second-order valence-electron chi connectivity index (χ2n) is 7.34. The lowest BCUT2D eigenvalue weighted by molar-refractivity contribution is -0.380. The van der Waals surface area contributed by atoms with Gasteiger partial charge in [0.1, 0.15) is 0 Å². The monoisotopic (exact) mass is 170 g/mol. The molecule has 66 valence electrons. The fourth-order valence-corrected chi connectivity index (χ4v) is 8.23. The van der Waals surface area contributed by atoms with E-state index in [2.05, 4.69) is 0 Å². The Morgan fingerprint density at radius 2 is 0.769 bits per heavy atom. The van der Waals surface area contributed by atoms with Crippen LogP contribution in [-0.2, 0) is 0 Å². The van der Waals surface area contributed by atoms with Gasteiger partial charge in [-0.15, -0.1) is 0 Å². The molecule has 7 saturated carbocycles. The van der Waals surface area contributed by atoms with Gasteiger partial charge >= 0.3 is 0 Å². The molecule has 0 aliphatic heterocycles. The van der Waals surface area contributed by atoms with Gasteiger partial charge in [-0.2, -0.15) is 0 Å². The van der Waals surface area contributed by atoms with Crippen molar-refractivity contribution < 1.29 is 0 Å². The molecule has 0 heterocycles. The van der Waals surface area contributed by atoms with E-state index < -0.39 is 0 Å². The second kappa shape index (κ2) is 1.06. The average Bonchev–Trinajstić information content (AvgIpc) is 2.60. The molecule has 12 unspecified atom stereocenters. The van der Waals surface area contributed by atoms with Gasteiger partial charge in [-0.3, -0.25) is 0 Å². The molecule has 0 saturated heterocycles. The number of hydrogen-bond acceptors (Lipinski definition) is 0. The molecule has 0 aromatic carbocycles. The van der Waals surface area contributed by atoms with Crippen molar-refractivity contribution in [3.8, 4) is 0 Å². The Kier molecular flexibility index (Phi) is 0.423. The lowest BCUT2D eigenvalue weighted by Gasteiger charge is -2.85. The Bertz CT molecular complexity index is 342. The first kappa shape index (κ1) is 5.19. The summed E-state index contributed by atoms with van der Waals surface area (Å²) in [6.45, 7) is 0. The summed E-state index contributed by atoms with van der Waals surface area (Å²) in [5, 5.41) is 0. The van der Waals surface area contributed by atoms with Crippen LogP contribution in [0.25, 0.3) is 0 Å². The third kappa shape index (κ3) is 0.245. The van der Waals surface area contributed by atoms with Crippen LogP contribution in [0.2, 0.25) is 0 Å². The molecule has 0 nitrogen and oxygen atoms in total. The maximum absolute atomic E-state index is 1.70. The first-order valence-electron chi connectivity index (χ1n) is 6.48. The number of fused-ring (bicyclic) bond motifs is 6. The molecular weight excluding hydrogens is 156 g/mol. The summed E-state index contributed by atoms with van der Waals surface area (Å²) in [6, 6.07) is 0. The smallest absolute Gasteiger partial charge is 0.0312 e. The first-order chi connectivity index (χ1) is 6.48. The molecule has 13 heavy (non-hydrogen) atoms. The molecule has 7 rings (SSSR count). The molecule has 7 aliphatic carbocycles. The van der Waals surface area contributed by atoms with Gasteiger partial charge in [0.25, 0.3) is 0 Å². The standard InChI is InChI=1S/C13H14/c1-2-4-3(1)6-8-9(6)13-11-7(4)5(2)10(11)12(8)13/h2-13H,1H2. The zero-order valence-corrected chi connectivity index (χ0v) is 7.64. The van der Waals surface area contributed by atoms with E-state index in [1.807, 2.05) is 0 Å². The Morgan fingerprint density at radius 1 is 0.385 bits per heavy atom. The van der Waals surface area contributed by atoms with Gasteiger partial charge in [0.15, 0.2) is 0 Å². The maximum atomic E-state index is 1.70. The van der Waals surface area contributed by atoms with Crippen LogP contribution in [0, 0.1) is 71.0 Å². The number of rotatable bonds is 0. The molecule has 0 radical (unpaired) electrons. The quantitative estimate of drug-likeness (QED) is 0.520. The van der Waals surface area contributed by atoms with E-state index in [1.54, 1.807) is 6.42 Å². The van der Waals surface area contributed by atoms with Crippen molar-refractivity contribution in [3.63, 3.8) is 0 Å². The summed E-state index contributed by atoms with van der Waals surface area (Å²) in [6.07, 6.45) is 1.70. The highest BCUT2D eigenvalue weighted by Crippen LogP contribution is 2.97. The van der Waals surface area contributed by atoms with E-state index in [4.69, 9.17) is 0 Å². The molecule has 0 bridgehead atoms. The fraction of sp³-hybridized carbons (Fsp3) is 1.00. The molecule has 0 aromatic rings. The first-order valence-corrected chi connectivity index (χ1v) is 6.48. The zero-order chi connectivity index (χ0) is 7.64. The van der Waals surface area contributed by atoms with Crippen LogP contribution < -0.4 is 0 Å². The van der Waals surface area contributed by atoms with E-state index >= 15 is 0 Å². The minimum absolute atomic E-state index is 1.29. The molecular formula is C13H14. The van der Waals surface area contributed by atoms with Crippen molar-refractivity contribution in [2.75, 3.05) is 0 Å². The van der Waals surface area contributed by atoms with Crippen molar-refractivity contribution in [2.45, 2.75) is 6.42 Å². The highest BCUT2D eigenvalue weighted by atomic mass is 15.0. The molecule has 0 N–H and O–H groups in total. The van der Waals surface area contributed by atoms with E-state index in [0.29, 0.717) is 0 Å². The van der Waals surface area contributed by atoms with Crippen molar-refractivity contribution in [2.24, 2.45) is 71.0 Å². The zero-order valence-electron chi connectivity index (χ0n) is 7.64. The fourth-order valence-electron chi connectivity index (χ4n) is 8.23. The lowest BCUT2D eigenvalue weighted by atomic mass is 9.20. The summed E-state index contributed by atoms with van der Waals surface area (Å²) in [5.74, 6) is 15.8. The predicted molar refractivity (Wildman–Crippen MR) is 46.5 cm³/mol. The van der Waals surface area contributed by atoms with E-state index in [9.17, 15) is 0 Å². The van der Waals surface area contributed by atoms with E-state index in [0.717, 1.165) is 0 Å². The van der Waals surface area contributed by atoms with Gasteiger partial charge < -0.3 is 0 Å². The van der Waals surface area contributed by atoms with Crippen LogP contribution in [0.15, 0.2) is 0 Å². The molecule has 7 aliphatic rings. The molecule has 0 spiro atoms. The molecule has 0 amide bonds. The van der Waals surface area contributed by atoms with Crippen molar-refractivity contribution in [3.05, 3.63) is 0 Å². The Hall–Kier alpha value is 0. The summed E-state index contributed by atoms with van der Waals surface area (Å²) in [4.78, 5) is 0. The van der Waals surface area contributed by atoms with Gasteiger partial charge in [-0.1, -0.05) is 0 Å². The molecule has 0 aromatic heterocycles. The third-order valence-corrected chi connectivity index (χ3v) is 8.16. The predicted octanol–water partition coefficient (Wildman–Crippen LogP) is 1.87.